The maximum Gasteiger partial charge on any atom is 0.226 e. The molecule has 0 unspecified atom stereocenters. The van der Waals surface area contributed by atoms with E-state index in [1.54, 1.807) is 13.2 Å². The number of ether oxygens (including phenoxy) is 2. The first-order valence-electron chi connectivity index (χ1n) is 12.1. The number of methoxy groups -OCH3 is 1. The molecule has 6 aromatic rings. The summed E-state index contributed by atoms with van der Waals surface area (Å²) in [6.45, 7) is 2.74. The summed E-state index contributed by atoms with van der Waals surface area (Å²) < 4.78 is 19.8. The molecule has 0 aliphatic carbocycles. The van der Waals surface area contributed by atoms with Crippen LogP contribution < -0.4 is 9.47 Å². The molecule has 2 heterocycles. The van der Waals surface area contributed by atoms with Gasteiger partial charge in [0, 0.05) is 23.0 Å². The third-order valence-electron chi connectivity index (χ3n) is 6.61. The van der Waals surface area contributed by atoms with Crippen LogP contribution in [0.15, 0.2) is 95.4 Å². The van der Waals surface area contributed by atoms with Gasteiger partial charge < -0.3 is 18.5 Å². The Hall–Kier alpha value is -4.71. The van der Waals surface area contributed by atoms with E-state index in [-0.39, 0.29) is 12.4 Å². The van der Waals surface area contributed by atoms with Crippen LogP contribution in [-0.4, -0.2) is 16.7 Å². The normalized spacial score (nSPS) is 11.3. The Morgan fingerprint density at radius 2 is 1.65 bits per heavy atom. The SMILES string of the molecule is COc1cc(Cn2c3ccccc3c3c([O])cccc32)ccc1OCc1nc(-c2ccccc2)oc1C. The lowest BCUT2D eigenvalue weighted by molar-refractivity contribution is 0.279. The van der Waals surface area contributed by atoms with Crippen LogP contribution in [0, 0.1) is 6.92 Å². The molecule has 0 aliphatic heterocycles. The lowest BCUT2D eigenvalue weighted by Crippen LogP contribution is -2.02. The number of aryl methyl sites for hydroxylation is 1. The largest absolute Gasteiger partial charge is 0.493 e. The number of hydrogen-bond donors (Lipinski definition) is 0. The predicted molar refractivity (Wildman–Crippen MR) is 143 cm³/mol. The third-order valence-corrected chi connectivity index (χ3v) is 6.61. The molecule has 0 bridgehead atoms. The molecule has 1 radical (unpaired) electrons. The third kappa shape index (κ3) is 4.16. The Morgan fingerprint density at radius 3 is 2.49 bits per heavy atom. The molecule has 37 heavy (non-hydrogen) atoms. The molecule has 6 rings (SSSR count). The van der Waals surface area contributed by atoms with Crippen LogP contribution in [0.3, 0.4) is 0 Å². The predicted octanol–water partition coefficient (Wildman–Crippen LogP) is 7.54. The topological polar surface area (TPSA) is 69.3 Å². The van der Waals surface area contributed by atoms with Crippen molar-refractivity contribution in [1.82, 2.24) is 9.55 Å². The van der Waals surface area contributed by atoms with Gasteiger partial charge in [0.2, 0.25) is 5.89 Å². The molecule has 0 spiro atoms. The minimum atomic E-state index is 0.0346. The Balaban J connectivity index is 1.27. The Bertz CT molecular complexity index is 1720. The molecule has 0 amide bonds. The number of rotatable bonds is 7. The Morgan fingerprint density at radius 1 is 0.865 bits per heavy atom. The van der Waals surface area contributed by atoms with Crippen LogP contribution >= 0.6 is 0 Å². The van der Waals surface area contributed by atoms with E-state index < -0.39 is 0 Å². The Labute approximate surface area is 214 Å². The molecule has 0 saturated heterocycles. The van der Waals surface area contributed by atoms with Crippen LogP contribution in [0.4, 0.5) is 0 Å². The highest BCUT2D eigenvalue weighted by atomic mass is 16.5. The van der Waals surface area contributed by atoms with E-state index in [2.05, 4.69) is 9.55 Å². The molecule has 0 N–H and O–H groups in total. The fourth-order valence-corrected chi connectivity index (χ4v) is 4.76. The lowest BCUT2D eigenvalue weighted by Gasteiger charge is -2.13. The quantitative estimate of drug-likeness (QED) is 0.232. The fraction of sp³-hybridized carbons (Fsp3) is 0.129. The van der Waals surface area contributed by atoms with Crippen molar-refractivity contribution in [3.63, 3.8) is 0 Å². The van der Waals surface area contributed by atoms with Gasteiger partial charge in [-0.3, -0.25) is 5.11 Å². The lowest BCUT2D eigenvalue weighted by atomic mass is 10.1. The van der Waals surface area contributed by atoms with Gasteiger partial charge in [0.05, 0.1) is 18.0 Å². The maximum atomic E-state index is 12.6. The van der Waals surface area contributed by atoms with Gasteiger partial charge in [0.15, 0.2) is 17.2 Å². The van der Waals surface area contributed by atoms with Gasteiger partial charge in [-0.05, 0) is 55.0 Å². The second-order valence-corrected chi connectivity index (χ2v) is 8.92. The molecule has 183 valence electrons. The van der Waals surface area contributed by atoms with Gasteiger partial charge in [-0.1, -0.05) is 48.5 Å². The highest BCUT2D eigenvalue weighted by molar-refractivity contribution is 6.11. The average molecular weight is 490 g/mol. The number of aromatic nitrogens is 2. The van der Waals surface area contributed by atoms with Gasteiger partial charge >= 0.3 is 0 Å². The van der Waals surface area contributed by atoms with Crippen molar-refractivity contribution < 1.29 is 19.0 Å². The van der Waals surface area contributed by atoms with E-state index in [4.69, 9.17) is 13.9 Å². The van der Waals surface area contributed by atoms with Crippen molar-refractivity contribution in [2.75, 3.05) is 7.11 Å². The van der Waals surface area contributed by atoms with E-state index in [1.165, 1.54) is 0 Å². The van der Waals surface area contributed by atoms with Crippen molar-refractivity contribution in [2.24, 2.45) is 0 Å². The van der Waals surface area contributed by atoms with Crippen LogP contribution in [-0.2, 0) is 18.3 Å². The van der Waals surface area contributed by atoms with E-state index >= 15 is 0 Å². The average Bonchev–Trinajstić information content (AvgIpc) is 3.46. The second-order valence-electron chi connectivity index (χ2n) is 8.92. The van der Waals surface area contributed by atoms with Crippen molar-refractivity contribution in [3.8, 4) is 28.7 Å². The molecule has 0 atom stereocenters. The molecule has 4 aromatic carbocycles. The molecular formula is C31H25N2O4. The Kier molecular flexibility index (Phi) is 5.77. The van der Waals surface area contributed by atoms with Gasteiger partial charge in [-0.2, -0.15) is 0 Å². The van der Waals surface area contributed by atoms with Crippen molar-refractivity contribution >= 4 is 21.8 Å². The highest BCUT2D eigenvalue weighted by Gasteiger charge is 2.16. The number of fused-ring (bicyclic) bond motifs is 3. The molecule has 2 aromatic heterocycles. The summed E-state index contributed by atoms with van der Waals surface area (Å²) in [7, 11) is 1.63. The summed E-state index contributed by atoms with van der Waals surface area (Å²) in [6.07, 6.45) is 0. The molecule has 0 aliphatic rings. The molecule has 0 saturated carbocycles. The number of benzene rings is 4. The summed E-state index contributed by atoms with van der Waals surface area (Å²) in [4.78, 5) is 4.62. The second kappa shape index (κ2) is 9.39. The number of oxazole rings is 1. The van der Waals surface area contributed by atoms with E-state index in [0.29, 0.717) is 23.9 Å². The molecular weight excluding hydrogens is 464 g/mol. The zero-order valence-corrected chi connectivity index (χ0v) is 20.6. The molecule has 0 fully saturated rings. The molecule has 6 nitrogen and oxygen atoms in total. The zero-order chi connectivity index (χ0) is 25.4. The van der Waals surface area contributed by atoms with Gasteiger partial charge in [0.25, 0.3) is 0 Å². The van der Waals surface area contributed by atoms with Gasteiger partial charge in [0.1, 0.15) is 18.1 Å². The van der Waals surface area contributed by atoms with Crippen LogP contribution in [0.25, 0.3) is 33.3 Å². The number of hydrogen-bond acceptors (Lipinski definition) is 4. The van der Waals surface area contributed by atoms with Crippen LogP contribution in [0.2, 0.25) is 0 Å². The minimum Gasteiger partial charge on any atom is -0.493 e. The zero-order valence-electron chi connectivity index (χ0n) is 20.6. The van der Waals surface area contributed by atoms with E-state index in [0.717, 1.165) is 44.4 Å². The highest BCUT2D eigenvalue weighted by Crippen LogP contribution is 2.36. The van der Waals surface area contributed by atoms with Crippen LogP contribution in [0.1, 0.15) is 17.0 Å². The van der Waals surface area contributed by atoms with Crippen molar-refractivity contribution in [2.45, 2.75) is 20.1 Å². The standard InChI is InChI=1S/C31H25N2O4/c1-20-24(32-31(37-20)22-9-4-3-5-10-22)19-36-28-16-15-21(17-29(28)35-2)18-33-25-12-7-6-11-23(25)30-26(33)13-8-14-27(30)34/h3-17H,18-19H2,1-2H3. The minimum absolute atomic E-state index is 0.0346. The van der Waals surface area contributed by atoms with Gasteiger partial charge in [-0.25, -0.2) is 4.98 Å². The van der Waals surface area contributed by atoms with E-state index in [1.807, 2.05) is 91.9 Å². The van der Waals surface area contributed by atoms with E-state index in [9.17, 15) is 5.11 Å². The first kappa shape index (κ1) is 22.7. The van der Waals surface area contributed by atoms with Gasteiger partial charge in [-0.15, -0.1) is 0 Å². The summed E-state index contributed by atoms with van der Waals surface area (Å²) in [5, 5.41) is 14.4. The fourth-order valence-electron chi connectivity index (χ4n) is 4.76. The summed E-state index contributed by atoms with van der Waals surface area (Å²) in [5.41, 5.74) is 4.64. The first-order valence-corrected chi connectivity index (χ1v) is 12.1. The summed E-state index contributed by atoms with van der Waals surface area (Å²) in [6, 6.07) is 29.1. The summed E-state index contributed by atoms with van der Waals surface area (Å²) >= 11 is 0. The van der Waals surface area contributed by atoms with Crippen molar-refractivity contribution in [3.05, 3.63) is 108 Å². The number of para-hydroxylation sites is 1. The monoisotopic (exact) mass is 489 g/mol. The molecule has 6 heteroatoms. The first-order chi connectivity index (χ1) is 18.1. The van der Waals surface area contributed by atoms with Crippen molar-refractivity contribution in [1.29, 1.82) is 0 Å². The maximum absolute atomic E-state index is 12.6. The summed E-state index contributed by atoms with van der Waals surface area (Å²) in [5.74, 6) is 2.59. The smallest absolute Gasteiger partial charge is 0.226 e. The number of nitrogens with zero attached hydrogens (tertiary/aromatic N) is 2. The van der Waals surface area contributed by atoms with Crippen LogP contribution in [0.5, 0.6) is 17.2 Å².